The van der Waals surface area contributed by atoms with Gasteiger partial charge in [0, 0.05) is 24.7 Å². The predicted octanol–water partition coefficient (Wildman–Crippen LogP) is 2.90. The van der Waals surface area contributed by atoms with E-state index >= 15 is 0 Å². The summed E-state index contributed by atoms with van der Waals surface area (Å²) in [4.78, 5) is 15.5. The third-order valence-electron chi connectivity index (χ3n) is 5.34. The van der Waals surface area contributed by atoms with Gasteiger partial charge in [-0.3, -0.25) is 9.69 Å². The topological polar surface area (TPSA) is 69.3 Å². The van der Waals surface area contributed by atoms with Gasteiger partial charge in [0.25, 0.3) is 5.91 Å². The molecule has 1 aliphatic heterocycles. The van der Waals surface area contributed by atoms with E-state index in [1.807, 2.05) is 25.1 Å². The summed E-state index contributed by atoms with van der Waals surface area (Å²) >= 11 is 0. The number of ether oxygens (including phenoxy) is 4. The fourth-order valence-electron chi connectivity index (χ4n) is 3.90. The molecule has 0 spiro atoms. The Balaban J connectivity index is 1.85. The quantitative estimate of drug-likeness (QED) is 0.716. The van der Waals surface area contributed by atoms with Gasteiger partial charge in [0.15, 0.2) is 11.5 Å². The molecule has 0 aromatic heterocycles. The van der Waals surface area contributed by atoms with Crippen molar-refractivity contribution in [1.82, 2.24) is 10.2 Å². The Labute approximate surface area is 177 Å². The average molecular weight is 415 g/mol. The van der Waals surface area contributed by atoms with Crippen LogP contribution < -0.4 is 19.5 Å². The van der Waals surface area contributed by atoms with E-state index in [0.717, 1.165) is 18.7 Å². The highest BCUT2D eigenvalue weighted by atomic mass is 16.5. The van der Waals surface area contributed by atoms with Crippen molar-refractivity contribution in [2.75, 3.05) is 47.6 Å². The molecule has 1 N–H and O–H groups in total. The van der Waals surface area contributed by atoms with Gasteiger partial charge in [0.1, 0.15) is 0 Å². The normalized spacial score (nSPS) is 16.4. The zero-order chi connectivity index (χ0) is 21.5. The van der Waals surface area contributed by atoms with Gasteiger partial charge >= 0.3 is 0 Å². The van der Waals surface area contributed by atoms with Crippen LogP contribution in [0.15, 0.2) is 42.5 Å². The second-order valence-electron chi connectivity index (χ2n) is 7.18. The van der Waals surface area contributed by atoms with Crippen molar-refractivity contribution in [3.63, 3.8) is 0 Å². The lowest BCUT2D eigenvalue weighted by atomic mass is 9.97. The van der Waals surface area contributed by atoms with Gasteiger partial charge in [-0.05, 0) is 24.6 Å². The molecule has 1 saturated heterocycles. The maximum Gasteiger partial charge on any atom is 0.251 e. The Morgan fingerprint density at radius 3 is 2.13 bits per heavy atom. The smallest absolute Gasteiger partial charge is 0.251 e. The van der Waals surface area contributed by atoms with Gasteiger partial charge in [-0.1, -0.05) is 30.3 Å². The number of hydrogen-bond acceptors (Lipinski definition) is 6. The molecule has 0 radical (unpaired) electrons. The number of hydrogen-bond donors (Lipinski definition) is 1. The molecule has 2 aromatic carbocycles. The highest BCUT2D eigenvalue weighted by Crippen LogP contribution is 2.38. The van der Waals surface area contributed by atoms with Crippen molar-refractivity contribution >= 4 is 5.91 Å². The van der Waals surface area contributed by atoms with E-state index in [1.165, 1.54) is 21.3 Å². The lowest BCUT2D eigenvalue weighted by Crippen LogP contribution is -2.48. The van der Waals surface area contributed by atoms with Gasteiger partial charge in [-0.25, -0.2) is 0 Å². The first-order valence-electron chi connectivity index (χ1n) is 10.1. The molecule has 1 heterocycles. The molecule has 7 heteroatoms. The molecular formula is C23H30N2O5. The van der Waals surface area contributed by atoms with Crippen molar-refractivity contribution in [3.8, 4) is 17.2 Å². The van der Waals surface area contributed by atoms with E-state index in [0.29, 0.717) is 36.0 Å². The first kappa shape index (κ1) is 21.9. The van der Waals surface area contributed by atoms with E-state index in [-0.39, 0.29) is 18.0 Å². The number of methoxy groups -OCH3 is 3. The zero-order valence-electron chi connectivity index (χ0n) is 18.0. The summed E-state index contributed by atoms with van der Waals surface area (Å²) in [6.07, 6.45) is 0. The van der Waals surface area contributed by atoms with Gasteiger partial charge < -0.3 is 24.3 Å². The number of benzene rings is 2. The van der Waals surface area contributed by atoms with Crippen molar-refractivity contribution in [2.24, 2.45) is 0 Å². The van der Waals surface area contributed by atoms with Crippen LogP contribution in [0.1, 0.15) is 28.9 Å². The number of morpholine rings is 1. The minimum absolute atomic E-state index is 0.0427. The van der Waals surface area contributed by atoms with Crippen molar-refractivity contribution in [2.45, 2.75) is 19.0 Å². The van der Waals surface area contributed by atoms with Gasteiger partial charge in [-0.15, -0.1) is 0 Å². The summed E-state index contributed by atoms with van der Waals surface area (Å²) in [5.74, 6) is 1.15. The molecule has 3 rings (SSSR count). The summed E-state index contributed by atoms with van der Waals surface area (Å²) in [6, 6.07) is 13.5. The van der Waals surface area contributed by atoms with E-state index in [9.17, 15) is 4.79 Å². The minimum Gasteiger partial charge on any atom is -0.493 e. The highest BCUT2D eigenvalue weighted by Gasteiger charge is 2.29. The average Bonchev–Trinajstić information content (AvgIpc) is 2.79. The Hall–Kier alpha value is -2.77. The van der Waals surface area contributed by atoms with Crippen LogP contribution in [0.25, 0.3) is 0 Å². The minimum atomic E-state index is -0.198. The van der Waals surface area contributed by atoms with Crippen LogP contribution in [-0.2, 0) is 4.74 Å². The van der Waals surface area contributed by atoms with E-state index in [2.05, 4.69) is 22.3 Å². The van der Waals surface area contributed by atoms with E-state index in [4.69, 9.17) is 18.9 Å². The van der Waals surface area contributed by atoms with Crippen LogP contribution in [0.2, 0.25) is 0 Å². The van der Waals surface area contributed by atoms with Crippen LogP contribution in [-0.4, -0.2) is 64.5 Å². The molecular weight excluding hydrogens is 384 g/mol. The highest BCUT2D eigenvalue weighted by molar-refractivity contribution is 5.95. The van der Waals surface area contributed by atoms with Gasteiger partial charge in [-0.2, -0.15) is 0 Å². The van der Waals surface area contributed by atoms with Gasteiger partial charge in [0.05, 0.1) is 40.6 Å². The summed E-state index contributed by atoms with van der Waals surface area (Å²) in [5.41, 5.74) is 1.61. The fraction of sp³-hybridized carbons (Fsp3) is 0.435. The Kier molecular flexibility index (Phi) is 7.54. The number of nitrogens with zero attached hydrogens (tertiary/aromatic N) is 1. The number of amides is 1. The molecule has 1 aliphatic rings. The lowest BCUT2D eigenvalue weighted by Gasteiger charge is -2.38. The summed E-state index contributed by atoms with van der Waals surface area (Å²) in [5, 5.41) is 3.16. The summed E-state index contributed by atoms with van der Waals surface area (Å²) in [7, 11) is 4.60. The standard InChI is InChI=1S/C23H30N2O5/c1-16(21(17-8-6-5-7-9-17)25-10-12-30-13-11-25)24-23(26)18-14-19(27-2)22(29-4)20(15-18)28-3/h5-9,14-16,21H,10-13H2,1-4H3,(H,24,26)/t16-,21-/m1/s1. The first-order chi connectivity index (χ1) is 14.6. The number of rotatable bonds is 8. The molecule has 2 aromatic rings. The van der Waals surface area contributed by atoms with Crippen molar-refractivity contribution in [1.29, 1.82) is 0 Å². The first-order valence-corrected chi connectivity index (χ1v) is 10.1. The maximum absolute atomic E-state index is 13.1. The second-order valence-corrected chi connectivity index (χ2v) is 7.18. The SMILES string of the molecule is COc1cc(C(=O)N[C@H](C)[C@H](c2ccccc2)N2CCOCC2)cc(OC)c1OC. The third-order valence-corrected chi connectivity index (χ3v) is 5.34. The lowest BCUT2D eigenvalue weighted by molar-refractivity contribution is 0.00888. The molecule has 7 nitrogen and oxygen atoms in total. The van der Waals surface area contributed by atoms with Crippen molar-refractivity contribution in [3.05, 3.63) is 53.6 Å². The summed E-state index contributed by atoms with van der Waals surface area (Å²) < 4.78 is 21.6. The molecule has 2 atom stereocenters. The van der Waals surface area contributed by atoms with Crippen LogP contribution in [0.4, 0.5) is 0 Å². The van der Waals surface area contributed by atoms with E-state index in [1.54, 1.807) is 12.1 Å². The molecule has 1 fully saturated rings. The molecule has 0 saturated carbocycles. The Morgan fingerprint density at radius 1 is 1.00 bits per heavy atom. The molecule has 0 aliphatic carbocycles. The number of nitrogens with one attached hydrogen (secondary N) is 1. The molecule has 0 unspecified atom stereocenters. The zero-order valence-corrected chi connectivity index (χ0v) is 18.0. The number of carbonyl (C=O) groups is 1. The maximum atomic E-state index is 13.1. The largest absolute Gasteiger partial charge is 0.493 e. The van der Waals surface area contributed by atoms with Crippen LogP contribution in [0.5, 0.6) is 17.2 Å². The Bertz CT molecular complexity index is 812. The van der Waals surface area contributed by atoms with Gasteiger partial charge in [0.2, 0.25) is 5.75 Å². The molecule has 30 heavy (non-hydrogen) atoms. The monoisotopic (exact) mass is 414 g/mol. The van der Waals surface area contributed by atoms with Crippen LogP contribution in [0, 0.1) is 0 Å². The van der Waals surface area contributed by atoms with Crippen molar-refractivity contribution < 1.29 is 23.7 Å². The fourth-order valence-corrected chi connectivity index (χ4v) is 3.90. The number of carbonyl (C=O) groups excluding carboxylic acids is 1. The molecule has 1 amide bonds. The summed E-state index contributed by atoms with van der Waals surface area (Å²) in [6.45, 7) is 5.06. The third kappa shape index (κ3) is 4.86. The second kappa shape index (κ2) is 10.3. The molecule has 0 bridgehead atoms. The Morgan fingerprint density at radius 2 is 1.60 bits per heavy atom. The van der Waals surface area contributed by atoms with Crippen LogP contribution in [0.3, 0.4) is 0 Å². The predicted molar refractivity (Wildman–Crippen MR) is 115 cm³/mol. The van der Waals surface area contributed by atoms with E-state index < -0.39 is 0 Å². The molecule has 162 valence electrons. The van der Waals surface area contributed by atoms with Crippen LogP contribution >= 0.6 is 0 Å².